The molecule has 2 aromatic rings. The number of aliphatic carboxylic acids is 1. The molecule has 29 heavy (non-hydrogen) atoms. The summed E-state index contributed by atoms with van der Waals surface area (Å²) >= 11 is 0. The van der Waals surface area contributed by atoms with Crippen molar-refractivity contribution in [2.24, 2.45) is 5.92 Å². The van der Waals surface area contributed by atoms with Crippen molar-refractivity contribution in [3.63, 3.8) is 0 Å². The maximum absolute atomic E-state index is 12.7. The van der Waals surface area contributed by atoms with Gasteiger partial charge in [-0.3, -0.25) is 9.59 Å². The van der Waals surface area contributed by atoms with Gasteiger partial charge in [-0.15, -0.1) is 0 Å². The van der Waals surface area contributed by atoms with Gasteiger partial charge < -0.3 is 20.2 Å². The predicted molar refractivity (Wildman–Crippen MR) is 109 cm³/mol. The molecule has 0 aliphatic carbocycles. The normalized spacial score (nSPS) is 17.9. The van der Waals surface area contributed by atoms with E-state index in [1.807, 2.05) is 35.2 Å². The first kappa shape index (κ1) is 19.0. The van der Waals surface area contributed by atoms with E-state index in [1.54, 1.807) is 12.1 Å². The molecule has 1 saturated heterocycles. The Kier molecular flexibility index (Phi) is 5.20. The van der Waals surface area contributed by atoms with Gasteiger partial charge in [0.1, 0.15) is 0 Å². The van der Waals surface area contributed by atoms with Crippen LogP contribution < -0.4 is 10.2 Å². The summed E-state index contributed by atoms with van der Waals surface area (Å²) in [6, 6.07) is 14.9. The fourth-order valence-electron chi connectivity index (χ4n) is 3.92. The molecule has 0 spiro atoms. The number of nitrogens with one attached hydrogen (secondary N) is 1. The Labute approximate surface area is 168 Å². The van der Waals surface area contributed by atoms with Gasteiger partial charge in [0.05, 0.1) is 12.3 Å². The Balaban J connectivity index is 1.33. The monoisotopic (exact) mass is 393 g/mol. The first-order valence-corrected chi connectivity index (χ1v) is 9.77. The average Bonchev–Trinajstić information content (AvgIpc) is 3.37. The second-order valence-corrected chi connectivity index (χ2v) is 7.50. The molecule has 1 fully saturated rings. The molecule has 0 aromatic heterocycles. The van der Waals surface area contributed by atoms with Gasteiger partial charge in [0.25, 0.3) is 0 Å². The summed E-state index contributed by atoms with van der Waals surface area (Å²) in [6.07, 6.45) is 1.66. The van der Waals surface area contributed by atoms with Crippen molar-refractivity contribution in [2.75, 3.05) is 29.9 Å². The van der Waals surface area contributed by atoms with Crippen LogP contribution in [0.4, 0.5) is 16.2 Å². The van der Waals surface area contributed by atoms with E-state index in [9.17, 15) is 14.4 Å². The molecule has 1 unspecified atom stereocenters. The lowest BCUT2D eigenvalue weighted by Crippen LogP contribution is -2.33. The van der Waals surface area contributed by atoms with Gasteiger partial charge in [-0.2, -0.15) is 0 Å². The molecule has 0 radical (unpaired) electrons. The maximum atomic E-state index is 12.7. The van der Waals surface area contributed by atoms with E-state index in [0.29, 0.717) is 31.6 Å². The minimum Gasteiger partial charge on any atom is -0.481 e. The van der Waals surface area contributed by atoms with Gasteiger partial charge in [-0.25, -0.2) is 4.79 Å². The summed E-state index contributed by atoms with van der Waals surface area (Å²) < 4.78 is 0. The SMILES string of the molecule is O=C(O)C1CCN(C(=O)Nc2ccc(CC(=O)N3CCc4ccccc43)cc2)C1. The standard InChI is InChI=1S/C22H23N3O4/c26-20(25-12-10-16-3-1-2-4-19(16)25)13-15-5-7-18(8-6-15)23-22(29)24-11-9-17(14-24)21(27)28/h1-8,17H,9-14H2,(H,23,29)(H,27,28). The Morgan fingerprint density at radius 3 is 2.52 bits per heavy atom. The van der Waals surface area contributed by atoms with Gasteiger partial charge >= 0.3 is 12.0 Å². The number of urea groups is 1. The number of likely N-dealkylation sites (tertiary alicyclic amines) is 1. The lowest BCUT2D eigenvalue weighted by molar-refractivity contribution is -0.141. The number of carbonyl (C=O) groups excluding carboxylic acids is 2. The van der Waals surface area contributed by atoms with E-state index in [4.69, 9.17) is 5.11 Å². The zero-order valence-corrected chi connectivity index (χ0v) is 16.0. The van der Waals surface area contributed by atoms with E-state index >= 15 is 0 Å². The zero-order chi connectivity index (χ0) is 20.4. The molecule has 2 heterocycles. The molecule has 7 heteroatoms. The van der Waals surface area contributed by atoms with Crippen LogP contribution in [0.2, 0.25) is 0 Å². The second kappa shape index (κ2) is 7.95. The van der Waals surface area contributed by atoms with Crippen molar-refractivity contribution < 1.29 is 19.5 Å². The summed E-state index contributed by atoms with van der Waals surface area (Å²) in [5.74, 6) is -1.30. The number of para-hydroxylation sites is 1. The molecule has 2 aliphatic heterocycles. The van der Waals surface area contributed by atoms with Crippen LogP contribution in [-0.2, 0) is 22.4 Å². The molecule has 7 nitrogen and oxygen atoms in total. The van der Waals surface area contributed by atoms with Crippen molar-refractivity contribution >= 4 is 29.3 Å². The number of hydrogen-bond donors (Lipinski definition) is 2. The van der Waals surface area contributed by atoms with Crippen LogP contribution in [0.25, 0.3) is 0 Å². The highest BCUT2D eigenvalue weighted by Crippen LogP contribution is 2.28. The quantitative estimate of drug-likeness (QED) is 0.836. The molecule has 0 saturated carbocycles. The minimum atomic E-state index is -0.866. The highest BCUT2D eigenvalue weighted by molar-refractivity contribution is 5.97. The van der Waals surface area contributed by atoms with Crippen molar-refractivity contribution in [2.45, 2.75) is 19.3 Å². The third-order valence-corrected chi connectivity index (χ3v) is 5.57. The fraction of sp³-hybridized carbons (Fsp3) is 0.318. The van der Waals surface area contributed by atoms with E-state index in [-0.39, 0.29) is 18.5 Å². The Bertz CT molecular complexity index is 941. The van der Waals surface area contributed by atoms with Gasteiger partial charge in [0, 0.05) is 31.0 Å². The largest absolute Gasteiger partial charge is 0.481 e. The smallest absolute Gasteiger partial charge is 0.321 e. The van der Waals surface area contributed by atoms with Crippen LogP contribution in [0.1, 0.15) is 17.5 Å². The van der Waals surface area contributed by atoms with Crippen molar-refractivity contribution in [3.05, 3.63) is 59.7 Å². The molecule has 2 aliphatic rings. The number of carbonyl (C=O) groups is 3. The molecule has 1 atom stereocenters. The summed E-state index contributed by atoms with van der Waals surface area (Å²) in [4.78, 5) is 39.4. The van der Waals surface area contributed by atoms with E-state index in [2.05, 4.69) is 11.4 Å². The summed E-state index contributed by atoms with van der Waals surface area (Å²) in [6.45, 7) is 1.37. The van der Waals surface area contributed by atoms with Crippen LogP contribution in [0.15, 0.2) is 48.5 Å². The first-order valence-electron chi connectivity index (χ1n) is 9.77. The average molecular weight is 393 g/mol. The topological polar surface area (TPSA) is 90.0 Å². The number of amides is 3. The van der Waals surface area contributed by atoms with E-state index in [0.717, 1.165) is 17.7 Å². The number of carboxylic acid groups (broad SMARTS) is 1. The van der Waals surface area contributed by atoms with Gasteiger partial charge in [-0.1, -0.05) is 30.3 Å². The number of benzene rings is 2. The molecule has 0 bridgehead atoms. The Morgan fingerprint density at radius 2 is 1.79 bits per heavy atom. The lowest BCUT2D eigenvalue weighted by atomic mass is 10.1. The second-order valence-electron chi connectivity index (χ2n) is 7.50. The van der Waals surface area contributed by atoms with Gasteiger partial charge in [0.2, 0.25) is 5.91 Å². The van der Waals surface area contributed by atoms with Crippen molar-refractivity contribution in [3.8, 4) is 0 Å². The van der Waals surface area contributed by atoms with Crippen LogP contribution in [0, 0.1) is 5.92 Å². The molecular formula is C22H23N3O4. The number of hydrogen-bond acceptors (Lipinski definition) is 3. The van der Waals surface area contributed by atoms with Crippen LogP contribution in [-0.4, -0.2) is 47.5 Å². The zero-order valence-electron chi connectivity index (χ0n) is 16.0. The Hall–Kier alpha value is -3.35. The van der Waals surface area contributed by atoms with Crippen LogP contribution in [0.3, 0.4) is 0 Å². The molecule has 150 valence electrons. The predicted octanol–water partition coefficient (Wildman–Crippen LogP) is 2.76. The first-order chi connectivity index (χ1) is 14.0. The number of carboxylic acids is 1. The third kappa shape index (κ3) is 4.08. The van der Waals surface area contributed by atoms with E-state index in [1.165, 1.54) is 10.5 Å². The summed E-state index contributed by atoms with van der Waals surface area (Å²) in [5, 5.41) is 11.8. The highest BCUT2D eigenvalue weighted by atomic mass is 16.4. The maximum Gasteiger partial charge on any atom is 0.321 e. The van der Waals surface area contributed by atoms with Crippen LogP contribution in [0.5, 0.6) is 0 Å². The van der Waals surface area contributed by atoms with E-state index < -0.39 is 11.9 Å². The number of rotatable bonds is 4. The molecular weight excluding hydrogens is 370 g/mol. The minimum absolute atomic E-state index is 0.0588. The molecule has 2 aromatic carbocycles. The highest BCUT2D eigenvalue weighted by Gasteiger charge is 2.30. The van der Waals surface area contributed by atoms with Gasteiger partial charge in [0.15, 0.2) is 0 Å². The fourth-order valence-corrected chi connectivity index (χ4v) is 3.92. The number of anilines is 2. The number of nitrogens with zero attached hydrogens (tertiary/aromatic N) is 2. The lowest BCUT2D eigenvalue weighted by Gasteiger charge is -2.18. The molecule has 3 amide bonds. The molecule has 2 N–H and O–H groups in total. The summed E-state index contributed by atoms with van der Waals surface area (Å²) in [7, 11) is 0. The third-order valence-electron chi connectivity index (χ3n) is 5.57. The molecule has 4 rings (SSSR count). The van der Waals surface area contributed by atoms with Gasteiger partial charge in [-0.05, 0) is 42.2 Å². The van der Waals surface area contributed by atoms with Crippen LogP contribution >= 0.6 is 0 Å². The number of fused-ring (bicyclic) bond motifs is 1. The van der Waals surface area contributed by atoms with Crippen molar-refractivity contribution in [1.82, 2.24) is 4.90 Å². The summed E-state index contributed by atoms with van der Waals surface area (Å²) in [5.41, 5.74) is 3.69. The van der Waals surface area contributed by atoms with Crippen molar-refractivity contribution in [1.29, 1.82) is 0 Å². The Morgan fingerprint density at radius 1 is 1.03 bits per heavy atom.